The van der Waals surface area contributed by atoms with Gasteiger partial charge in [0.2, 0.25) is 5.79 Å². The average molecular weight is 476 g/mol. The van der Waals surface area contributed by atoms with Gasteiger partial charge in [-0.1, -0.05) is 19.1 Å². The average Bonchev–Trinajstić information content (AvgIpc) is 3.05. The van der Waals surface area contributed by atoms with E-state index >= 15 is 0 Å². The molecule has 10 N–H and O–H groups in total. The number of aliphatic hydroxyl groups is 6. The van der Waals surface area contributed by atoms with Crippen molar-refractivity contribution in [3.8, 4) is 0 Å². The molecule has 33 heavy (non-hydrogen) atoms. The predicted molar refractivity (Wildman–Crippen MR) is 109 cm³/mol. The lowest BCUT2D eigenvalue weighted by molar-refractivity contribution is -0.337. The molecule has 0 aromatic carbocycles. The van der Waals surface area contributed by atoms with Crippen molar-refractivity contribution < 1.29 is 60.7 Å². The highest BCUT2D eigenvalue weighted by molar-refractivity contribution is 5.96. The highest BCUT2D eigenvalue weighted by atomic mass is 16.7. The Morgan fingerprint density at radius 3 is 2.21 bits per heavy atom. The highest BCUT2D eigenvalue weighted by Crippen LogP contribution is 2.74. The lowest BCUT2D eigenvalue weighted by Gasteiger charge is -2.69. The first-order valence-electron chi connectivity index (χ1n) is 10.1. The standard InChI is InChI=1S/C20H24O9.CH4O.2H2O/c1-7-4-10(21)13(23)17(3)9(7)5-11-18-6-28-20(27,16(17)18)12(22)8(2)19(18,26)14(24)15(25)29-11;1-2;;/h4,9,11-14,16,22-24,26-27H,2,5-6H2,1,3H3;2H,1H3;2*1H2/t9-,11+,12+,13+,14-,16+,17+,18+,19-,20-;;;/m0.../s1. The summed E-state index contributed by atoms with van der Waals surface area (Å²) >= 11 is 0. The topological polar surface area (TPSA) is 237 Å². The maximum Gasteiger partial charge on any atom is 0.338 e. The summed E-state index contributed by atoms with van der Waals surface area (Å²) in [4.78, 5) is 25.0. The SMILES string of the molecule is C=C1[C@@H](O)[C@]2(O)OC[C@]34[C@H]2[C@@]2(C)[C@H](O)C(=O)C=C(C)[C@@H]2C[C@H]3OC(=O)[C@H](O)[C@@]14O.CO.O.O. The van der Waals surface area contributed by atoms with Crippen LogP contribution in [0.2, 0.25) is 0 Å². The Kier molecular flexibility index (Phi) is 6.59. The molecule has 5 aliphatic rings. The van der Waals surface area contributed by atoms with Crippen molar-refractivity contribution in [2.75, 3.05) is 13.7 Å². The number of carbonyl (C=O) groups is 2. The van der Waals surface area contributed by atoms with E-state index in [2.05, 4.69) is 6.58 Å². The van der Waals surface area contributed by atoms with E-state index in [9.17, 15) is 35.1 Å². The molecule has 12 nitrogen and oxygen atoms in total. The summed E-state index contributed by atoms with van der Waals surface area (Å²) in [6, 6.07) is 0. The van der Waals surface area contributed by atoms with Crippen LogP contribution in [-0.2, 0) is 19.1 Å². The van der Waals surface area contributed by atoms with Gasteiger partial charge < -0.3 is 51.1 Å². The summed E-state index contributed by atoms with van der Waals surface area (Å²) in [5.41, 5.74) is -5.06. The quantitative estimate of drug-likeness (QED) is 0.147. The van der Waals surface area contributed by atoms with E-state index in [1.807, 2.05) is 0 Å². The second-order valence-electron chi connectivity index (χ2n) is 9.38. The summed E-state index contributed by atoms with van der Waals surface area (Å²) < 4.78 is 11.1. The minimum atomic E-state index is -2.37. The van der Waals surface area contributed by atoms with Gasteiger partial charge in [0.05, 0.1) is 12.0 Å². The van der Waals surface area contributed by atoms with Crippen LogP contribution in [0.5, 0.6) is 0 Å². The van der Waals surface area contributed by atoms with Gasteiger partial charge in [-0.15, -0.1) is 0 Å². The summed E-state index contributed by atoms with van der Waals surface area (Å²) in [6.45, 7) is 6.62. The molecular weight excluding hydrogens is 444 g/mol. The van der Waals surface area contributed by atoms with E-state index < -0.39 is 70.2 Å². The van der Waals surface area contributed by atoms with E-state index in [4.69, 9.17) is 14.6 Å². The lowest BCUT2D eigenvalue weighted by atomic mass is 9.37. The third kappa shape index (κ3) is 2.61. The zero-order valence-corrected chi connectivity index (χ0v) is 18.5. The zero-order chi connectivity index (χ0) is 23.3. The molecule has 2 bridgehead atoms. The number of aliphatic hydroxyl groups excluding tert-OH is 4. The normalized spacial score (nSPS) is 51.4. The minimum Gasteiger partial charge on any atom is -0.460 e. The van der Waals surface area contributed by atoms with Crippen molar-refractivity contribution in [2.24, 2.45) is 22.7 Å². The van der Waals surface area contributed by atoms with Crippen molar-refractivity contribution in [1.29, 1.82) is 0 Å². The monoisotopic (exact) mass is 476 g/mol. The second kappa shape index (κ2) is 7.90. The molecule has 1 spiro atoms. The van der Waals surface area contributed by atoms with Crippen LogP contribution < -0.4 is 0 Å². The first-order valence-corrected chi connectivity index (χ1v) is 10.1. The van der Waals surface area contributed by atoms with E-state index in [1.165, 1.54) is 6.08 Å². The number of ether oxygens (including phenoxy) is 2. The molecule has 10 atom stereocenters. The predicted octanol–water partition coefficient (Wildman–Crippen LogP) is -3.87. The molecule has 4 fully saturated rings. The van der Waals surface area contributed by atoms with E-state index in [0.717, 1.165) is 7.11 Å². The fraction of sp³-hybridized carbons (Fsp3) is 0.714. The summed E-state index contributed by atoms with van der Waals surface area (Å²) in [7, 11) is 1.00. The Labute approximate surface area is 189 Å². The van der Waals surface area contributed by atoms with Crippen LogP contribution in [0.15, 0.2) is 23.8 Å². The van der Waals surface area contributed by atoms with Gasteiger partial charge in [0.1, 0.15) is 23.9 Å². The molecule has 188 valence electrons. The van der Waals surface area contributed by atoms with Gasteiger partial charge >= 0.3 is 5.97 Å². The molecule has 0 amide bonds. The minimum absolute atomic E-state index is 0. The highest BCUT2D eigenvalue weighted by Gasteiger charge is 2.87. The fourth-order valence-corrected chi connectivity index (χ4v) is 7.19. The van der Waals surface area contributed by atoms with Crippen LogP contribution in [0.4, 0.5) is 0 Å². The lowest BCUT2D eigenvalue weighted by Crippen LogP contribution is -2.82. The Bertz CT molecular complexity index is 902. The van der Waals surface area contributed by atoms with Crippen LogP contribution in [0.1, 0.15) is 20.3 Å². The molecular formula is C21H32O12. The van der Waals surface area contributed by atoms with Gasteiger partial charge in [-0.05, 0) is 30.9 Å². The molecule has 3 aliphatic carbocycles. The fourth-order valence-electron chi connectivity index (χ4n) is 7.19. The summed E-state index contributed by atoms with van der Waals surface area (Å²) in [6.07, 6.45) is -5.01. The van der Waals surface area contributed by atoms with Crippen LogP contribution in [0.3, 0.4) is 0 Å². The van der Waals surface area contributed by atoms with E-state index in [0.29, 0.717) is 5.57 Å². The maximum absolute atomic E-state index is 12.5. The van der Waals surface area contributed by atoms with Gasteiger partial charge in [-0.3, -0.25) is 4.79 Å². The summed E-state index contributed by atoms with van der Waals surface area (Å²) in [5.74, 6) is -5.66. The van der Waals surface area contributed by atoms with Crippen molar-refractivity contribution in [2.45, 2.75) is 56.1 Å². The molecule has 2 saturated heterocycles. The Morgan fingerprint density at radius 1 is 1.06 bits per heavy atom. The number of esters is 1. The zero-order valence-electron chi connectivity index (χ0n) is 18.5. The van der Waals surface area contributed by atoms with E-state index in [1.54, 1.807) is 13.8 Å². The maximum atomic E-state index is 12.5. The Morgan fingerprint density at radius 2 is 1.64 bits per heavy atom. The van der Waals surface area contributed by atoms with Crippen molar-refractivity contribution in [3.05, 3.63) is 23.8 Å². The molecule has 2 aliphatic heterocycles. The van der Waals surface area contributed by atoms with Crippen LogP contribution in [0, 0.1) is 22.7 Å². The van der Waals surface area contributed by atoms with Crippen molar-refractivity contribution in [3.63, 3.8) is 0 Å². The molecule has 12 heteroatoms. The van der Waals surface area contributed by atoms with Crippen LogP contribution in [-0.4, -0.2) is 103 Å². The number of carbonyl (C=O) groups excluding carboxylic acids is 2. The van der Waals surface area contributed by atoms with Crippen LogP contribution >= 0.6 is 0 Å². The molecule has 0 radical (unpaired) electrons. The Hall–Kier alpha value is -1.74. The van der Waals surface area contributed by atoms with Crippen molar-refractivity contribution >= 4 is 11.8 Å². The van der Waals surface area contributed by atoms with Gasteiger partial charge in [0, 0.05) is 18.4 Å². The third-order valence-electron chi connectivity index (χ3n) is 8.44. The molecule has 0 aromatic rings. The second-order valence-corrected chi connectivity index (χ2v) is 9.38. The smallest absolute Gasteiger partial charge is 0.338 e. The largest absolute Gasteiger partial charge is 0.460 e. The number of hydrogen-bond acceptors (Lipinski definition) is 10. The van der Waals surface area contributed by atoms with Gasteiger partial charge in [0.25, 0.3) is 0 Å². The molecule has 2 saturated carbocycles. The van der Waals surface area contributed by atoms with Crippen molar-refractivity contribution in [1.82, 2.24) is 0 Å². The first-order chi connectivity index (χ1) is 14.4. The summed E-state index contributed by atoms with van der Waals surface area (Å²) in [5, 5.41) is 62.7. The third-order valence-corrected chi connectivity index (χ3v) is 8.44. The van der Waals surface area contributed by atoms with E-state index in [-0.39, 0.29) is 29.6 Å². The first kappa shape index (κ1) is 27.5. The number of allylic oxidation sites excluding steroid dienone is 1. The molecule has 0 aromatic heterocycles. The molecule has 2 heterocycles. The Balaban J connectivity index is 0.000000939. The van der Waals surface area contributed by atoms with Gasteiger partial charge in [-0.25, -0.2) is 4.79 Å². The number of hydrogen-bond donors (Lipinski definition) is 6. The number of rotatable bonds is 0. The number of fused-ring (bicyclic) bond motifs is 1. The molecule has 5 rings (SSSR count). The van der Waals surface area contributed by atoms with Gasteiger partial charge in [0.15, 0.2) is 11.9 Å². The molecule has 0 unspecified atom stereocenters. The number of ketones is 1. The van der Waals surface area contributed by atoms with Gasteiger partial charge in [-0.2, -0.15) is 0 Å². The van der Waals surface area contributed by atoms with Crippen LogP contribution in [0.25, 0.3) is 0 Å².